The molecule has 41 nitrogen and oxygen atoms in total. The molecule has 2 aromatic rings. The maximum atomic E-state index is 13.5. The topological polar surface area (TPSA) is 606 Å². The first kappa shape index (κ1) is 111. The summed E-state index contributed by atoms with van der Waals surface area (Å²) in [6.45, 7) is 23.4. The molecule has 2 heterocycles. The molecule has 662 valence electrons. The molecule has 2 aromatic carbocycles. The average molecular weight is 1680 g/mol. The second-order valence-corrected chi connectivity index (χ2v) is 27.4. The van der Waals surface area contributed by atoms with Crippen molar-refractivity contribution in [1.82, 2.24) is 31.9 Å². The zero-order valence-electron chi connectivity index (χ0n) is 68.8. The van der Waals surface area contributed by atoms with Gasteiger partial charge < -0.3 is 99.5 Å². The van der Waals surface area contributed by atoms with Crippen LogP contribution in [0.15, 0.2) is 70.9 Å². The first-order valence-electron chi connectivity index (χ1n) is 37.4. The zero-order valence-corrected chi connectivity index (χ0v) is 68.8. The number of alkyl carbamates (subject to hydrolysis) is 3. The van der Waals surface area contributed by atoms with E-state index >= 15 is 0 Å². The van der Waals surface area contributed by atoms with Crippen molar-refractivity contribution in [3.63, 3.8) is 0 Å². The van der Waals surface area contributed by atoms with Crippen molar-refractivity contribution in [1.29, 1.82) is 0 Å². The molecule has 10 N–H and O–H groups in total. The summed E-state index contributed by atoms with van der Waals surface area (Å²) in [6, 6.07) is 16.8. The lowest BCUT2D eigenvalue weighted by atomic mass is 9.91. The number of carbonyl (C=O) groups excluding carboxylic acids is 16. The predicted molar refractivity (Wildman–Crippen MR) is 410 cm³/mol. The number of carboxylic acid groups (broad SMARTS) is 1. The number of amides is 5. The number of alkyl halides is 2. The Morgan fingerprint density at radius 2 is 1.20 bits per heavy atom. The number of unbranched alkanes of at least 4 members (excludes halogenated alkanes) is 1. The van der Waals surface area contributed by atoms with Gasteiger partial charge in [-0.05, 0) is 115 Å². The van der Waals surface area contributed by atoms with Crippen LogP contribution in [0.3, 0.4) is 0 Å². The Morgan fingerprint density at radius 3 is 1.66 bits per heavy atom. The molecule has 2 aliphatic rings. The van der Waals surface area contributed by atoms with Gasteiger partial charge in [-0.3, -0.25) is 47.9 Å². The molecule has 0 aliphatic carbocycles. The lowest BCUT2D eigenvalue weighted by Gasteiger charge is -2.24. The van der Waals surface area contributed by atoms with Crippen LogP contribution in [0.4, 0.5) is 23.2 Å². The molecule has 0 spiro atoms. The highest BCUT2D eigenvalue weighted by molar-refractivity contribution is 5.96. The first-order chi connectivity index (χ1) is 55.5. The van der Waals surface area contributed by atoms with Gasteiger partial charge in [0.2, 0.25) is 11.8 Å². The van der Waals surface area contributed by atoms with E-state index in [1.165, 1.54) is 20.8 Å². The first-order valence-corrected chi connectivity index (χ1v) is 37.4. The molecule has 0 radical (unpaired) electrons. The molecule has 2 saturated heterocycles. The number of cyclic esters (lactones) is 3. The van der Waals surface area contributed by atoms with Crippen molar-refractivity contribution in [2.75, 3.05) is 65.7 Å². The predicted octanol–water partition coefficient (Wildman–Crippen LogP) is 5.33. The van der Waals surface area contributed by atoms with Crippen LogP contribution in [0, 0.1) is 17.8 Å². The van der Waals surface area contributed by atoms with E-state index < -0.39 is 132 Å². The molecule has 0 saturated carbocycles. The zero-order chi connectivity index (χ0) is 90.0. The molecule has 43 heteroatoms. The van der Waals surface area contributed by atoms with Gasteiger partial charge in [-0.1, -0.05) is 105 Å². The summed E-state index contributed by atoms with van der Waals surface area (Å²) in [7, 11) is 0. The molecule has 0 bridgehead atoms. The largest absolute Gasteiger partial charge is 0.544 e. The number of aliphatic carboxylic acids is 1. The van der Waals surface area contributed by atoms with Gasteiger partial charge in [0, 0.05) is 81.6 Å². The Kier molecular flexibility index (Phi) is 62.7. The van der Waals surface area contributed by atoms with Crippen LogP contribution in [-0.2, 0) is 123 Å². The third-order valence-corrected chi connectivity index (χ3v) is 14.0. The smallest absolute Gasteiger partial charge is 0.415 e. The molecule has 4 rings (SSSR count). The number of esters is 7. The molecular formula is C75H115F2N13O28. The number of nitrogens with zero attached hydrogens (tertiary/aromatic N) is 6. The van der Waals surface area contributed by atoms with Crippen LogP contribution in [0.25, 0.3) is 20.9 Å². The van der Waals surface area contributed by atoms with Crippen LogP contribution in [0.1, 0.15) is 178 Å². The van der Waals surface area contributed by atoms with Gasteiger partial charge in [-0.2, -0.15) is 0 Å². The number of quaternary nitrogens is 1. The summed E-state index contributed by atoms with van der Waals surface area (Å²) < 4.78 is 68.7. The number of hydrogen-bond donors (Lipinski definition) is 8. The van der Waals surface area contributed by atoms with Crippen molar-refractivity contribution < 1.29 is 149 Å². The van der Waals surface area contributed by atoms with E-state index in [2.05, 4.69) is 76.6 Å². The number of benzene rings is 2. The Bertz CT molecular complexity index is 3470. The number of carbonyl (C=O) groups is 16. The van der Waals surface area contributed by atoms with Crippen molar-refractivity contribution in [3.8, 4) is 0 Å². The number of Topliss-reactive ketones (excluding diaryl/α,β-unsaturated/α-hetero) is 2. The standard InChI is InChI=1S/C34H52N6O9.C15H19NO5.C9H15NO5.C7H11NO3.C4H10N4O.C4H6O3.C2H2F2O2/c1-6-11-28(29(42)21-27(22-30(43)49-34(3,4)5)31(44)36-16-18-47-19-17-38-40-35)39-32(45)26(20-24(2)41)14-10-15-37-33(46)48-23-25-12-8-7-9-13-25;17-13(20-10-11-6-2-1-3-7-11)9-5-4-8-12-14(18)21-15(19)16-12;1-9(2,3)15-7(12)4-5-10-8(13)14-6-11;1-4(2)3-5-6(9)11-7(10)8-5;5-1-3-9-4-2-7-8-6;1-3(5)7-4(2)6;3-1(4)2(5)6/h7-9,12-13,26-28H,6,10-11,14-23H2,1-5H3,(H,36,44)(H,37,46)(H,39,45);1-3,6-7,12,15-16,19H,4-5,8-10H2;6H,4-5H2,1-3H3,(H,10,13);4-5H,3H2,1-2H3,(H,8,10);1-5H2;1-2H3;1H,(H,5,6)/t26-,27+,28-;12-,15?;;5-;;;/m10.1.../s1. The molecule has 6 atom stereocenters. The molecule has 0 aromatic heterocycles. The minimum Gasteiger partial charge on any atom is -0.544 e. The van der Waals surface area contributed by atoms with E-state index in [0.29, 0.717) is 70.6 Å². The number of hydrogen-bond acceptors (Lipinski definition) is 31. The fourth-order valence-corrected chi connectivity index (χ4v) is 9.16. The molecule has 2 fully saturated rings. The number of rotatable bonds is 43. The molecule has 2 aliphatic heterocycles. The Balaban J connectivity index is -0.00000155. The van der Waals surface area contributed by atoms with Gasteiger partial charge >= 0.3 is 66.5 Å². The molecule has 5 amide bonds. The summed E-state index contributed by atoms with van der Waals surface area (Å²) in [6.07, 6.45) is -3.09. The third kappa shape index (κ3) is 66.9. The number of nitrogens with one attached hydrogen (secondary N) is 6. The fraction of sp³-hybridized carbons (Fsp3) is 0.627. The van der Waals surface area contributed by atoms with Crippen LogP contribution in [0.5, 0.6) is 0 Å². The van der Waals surface area contributed by atoms with Gasteiger partial charge in [0.15, 0.2) is 5.78 Å². The maximum Gasteiger partial charge on any atom is 0.415 e. The number of halogens is 2. The summed E-state index contributed by atoms with van der Waals surface area (Å²) in [4.78, 5) is 186. The van der Waals surface area contributed by atoms with E-state index in [4.69, 9.17) is 54.5 Å². The summed E-state index contributed by atoms with van der Waals surface area (Å²) in [5, 5.41) is 39.8. The molecular weight excluding hydrogens is 1570 g/mol. The Hall–Kier alpha value is -11.4. The van der Waals surface area contributed by atoms with E-state index in [-0.39, 0.29) is 109 Å². The summed E-state index contributed by atoms with van der Waals surface area (Å²) >= 11 is 0. The van der Waals surface area contributed by atoms with Crippen molar-refractivity contribution in [3.05, 3.63) is 92.7 Å². The second kappa shape index (κ2) is 66.7. The Labute approximate surface area is 682 Å². The lowest BCUT2D eigenvalue weighted by Crippen LogP contribution is -2.52. The highest BCUT2D eigenvalue weighted by Crippen LogP contribution is 2.20. The number of carboxylic acids is 1. The number of ether oxygens (including phenoxy) is 10. The Morgan fingerprint density at radius 1 is 0.661 bits per heavy atom. The monoisotopic (exact) mass is 1680 g/mol. The second-order valence-electron chi connectivity index (χ2n) is 27.4. The molecule has 1 unspecified atom stereocenters. The van der Waals surface area contributed by atoms with Crippen molar-refractivity contribution in [2.45, 2.75) is 222 Å². The van der Waals surface area contributed by atoms with Crippen molar-refractivity contribution >= 4 is 95.9 Å². The number of aliphatic hydroxyl groups is 1. The van der Waals surface area contributed by atoms with Crippen LogP contribution in [-0.4, -0.2) is 209 Å². The van der Waals surface area contributed by atoms with E-state index in [9.17, 15) is 80.7 Å². The quantitative estimate of drug-likeness (QED) is 0.00608. The average Bonchev–Trinajstić information content (AvgIpc) is 1.08. The number of ketones is 2. The highest BCUT2D eigenvalue weighted by Gasteiger charge is 2.35. The van der Waals surface area contributed by atoms with Crippen LogP contribution in [0.2, 0.25) is 0 Å². The summed E-state index contributed by atoms with van der Waals surface area (Å²) in [5.41, 5.74) is 20.2. The van der Waals surface area contributed by atoms with Gasteiger partial charge in [-0.25, -0.2) is 33.3 Å². The van der Waals surface area contributed by atoms with Gasteiger partial charge in [0.05, 0.1) is 57.8 Å². The third-order valence-electron chi connectivity index (χ3n) is 14.0. The fourth-order valence-electron chi connectivity index (χ4n) is 9.16. The maximum absolute atomic E-state index is 13.5. The van der Waals surface area contributed by atoms with Gasteiger partial charge in [-0.15, -0.1) is 0 Å². The SMILES string of the molecule is CC(=O)OC(C)=O.CC(C)(C)OC(=O)CCNC(=O)OC=O.CC(C)C[C@H]1NC(=O)OC1=O.CCC[C@@H](NC(=O)[C@H](CCCNC(=O)OCc1ccccc1)CC(C)=O)C(=O)C[C@@H](CC(=O)OC(C)(C)C)C(=O)NCCOCCN=[N+]=[N-].O=C(CCCC[C@@H]1NC(O)OC1=O)OCc1ccccc1.O=C([O-])C(F)F.[N-]=[N+]=NCCOCC[NH3+]. The van der Waals surface area contributed by atoms with Gasteiger partial charge in [0.1, 0.15) is 48.3 Å². The lowest BCUT2D eigenvalue weighted by molar-refractivity contribution is -0.374. The van der Waals surface area contributed by atoms with Crippen LogP contribution >= 0.6 is 0 Å². The number of aliphatic hydroxyl groups excluding tert-OH is 1. The van der Waals surface area contributed by atoms with E-state index in [1.54, 1.807) is 41.5 Å². The minimum atomic E-state index is -3.34. The van der Waals surface area contributed by atoms with Crippen molar-refractivity contribution in [2.24, 2.45) is 28.0 Å². The van der Waals surface area contributed by atoms with Crippen LogP contribution < -0.4 is 42.7 Å². The minimum absolute atomic E-state index is 0.0167. The normalized spacial score (nSPS) is 14.2. The van der Waals surface area contributed by atoms with E-state index in [0.717, 1.165) is 17.7 Å². The van der Waals surface area contributed by atoms with E-state index in [1.807, 2.05) is 81.4 Å². The number of azide groups is 2. The molecule has 118 heavy (non-hydrogen) atoms. The summed E-state index contributed by atoms with van der Waals surface area (Å²) in [5.74, 6) is -8.79. The van der Waals surface area contributed by atoms with Gasteiger partial charge in [0.25, 0.3) is 12.8 Å². The highest BCUT2D eigenvalue weighted by atomic mass is 19.3.